The van der Waals surface area contributed by atoms with Gasteiger partial charge in [0.2, 0.25) is 5.91 Å². The minimum atomic E-state index is 0.0646. The number of hydrogen-bond acceptors (Lipinski definition) is 6. The van der Waals surface area contributed by atoms with Crippen LogP contribution in [-0.4, -0.2) is 53.1 Å². The van der Waals surface area contributed by atoms with Crippen LogP contribution in [0.4, 0.5) is 0 Å². The molecule has 1 saturated carbocycles. The second-order valence-corrected chi connectivity index (χ2v) is 8.16. The molecule has 3 aliphatic rings. The summed E-state index contributed by atoms with van der Waals surface area (Å²) in [6, 6.07) is 12.8. The van der Waals surface area contributed by atoms with Crippen LogP contribution in [0.5, 0.6) is 0 Å². The molecule has 7 nitrogen and oxygen atoms in total. The van der Waals surface area contributed by atoms with E-state index in [2.05, 4.69) is 56.1 Å². The molecule has 28 heavy (non-hydrogen) atoms. The Kier molecular flexibility index (Phi) is 4.88. The standard InChI is InChI=1S/C21H27N5O2/c27-20-13-18(21(23-22-20)16-4-2-1-3-5-16)26-10-8-25(9-11-26)14-17-12-19(28-24-17)15-6-7-15/h1-5,12,15,18,21,23H,6-11,13-14H2,(H,22,27). The lowest BCUT2D eigenvalue weighted by Crippen LogP contribution is -2.60. The third-order valence-electron chi connectivity index (χ3n) is 6.12. The summed E-state index contributed by atoms with van der Waals surface area (Å²) < 4.78 is 5.48. The second-order valence-electron chi connectivity index (χ2n) is 8.16. The lowest BCUT2D eigenvalue weighted by Gasteiger charge is -2.44. The van der Waals surface area contributed by atoms with Crippen LogP contribution >= 0.6 is 0 Å². The van der Waals surface area contributed by atoms with Gasteiger partial charge in [0.05, 0.1) is 11.7 Å². The molecule has 1 aromatic carbocycles. The van der Waals surface area contributed by atoms with Crippen molar-refractivity contribution in [2.24, 2.45) is 0 Å². The average molecular weight is 381 g/mol. The number of hydrogen-bond donors (Lipinski definition) is 2. The maximum absolute atomic E-state index is 12.0. The molecule has 1 aromatic heterocycles. The van der Waals surface area contributed by atoms with Crippen LogP contribution in [0.15, 0.2) is 40.9 Å². The number of aromatic nitrogens is 1. The fourth-order valence-electron chi connectivity index (χ4n) is 4.36. The highest BCUT2D eigenvalue weighted by molar-refractivity contribution is 5.77. The van der Waals surface area contributed by atoms with Gasteiger partial charge in [-0.25, -0.2) is 5.43 Å². The molecule has 7 heteroatoms. The van der Waals surface area contributed by atoms with Gasteiger partial charge in [-0.2, -0.15) is 0 Å². The van der Waals surface area contributed by atoms with E-state index in [9.17, 15) is 4.79 Å². The summed E-state index contributed by atoms with van der Waals surface area (Å²) in [6.45, 7) is 4.71. The van der Waals surface area contributed by atoms with Gasteiger partial charge in [0.1, 0.15) is 5.76 Å². The number of nitrogens with zero attached hydrogens (tertiary/aromatic N) is 3. The van der Waals surface area contributed by atoms with Gasteiger partial charge in [-0.1, -0.05) is 35.5 Å². The highest BCUT2D eigenvalue weighted by Gasteiger charge is 2.36. The van der Waals surface area contributed by atoms with E-state index in [0.717, 1.165) is 44.2 Å². The number of carbonyl (C=O) groups excluding carboxylic acids is 1. The summed E-state index contributed by atoms with van der Waals surface area (Å²) >= 11 is 0. The zero-order chi connectivity index (χ0) is 18.9. The van der Waals surface area contributed by atoms with Crippen LogP contribution in [0.2, 0.25) is 0 Å². The molecule has 2 aromatic rings. The van der Waals surface area contributed by atoms with Crippen molar-refractivity contribution >= 4 is 5.91 Å². The highest BCUT2D eigenvalue weighted by atomic mass is 16.5. The minimum absolute atomic E-state index is 0.0646. The van der Waals surface area contributed by atoms with Crippen LogP contribution in [0.1, 0.15) is 48.2 Å². The molecule has 2 aliphatic heterocycles. The predicted molar refractivity (Wildman–Crippen MR) is 104 cm³/mol. The zero-order valence-corrected chi connectivity index (χ0v) is 16.0. The van der Waals surface area contributed by atoms with E-state index in [1.807, 2.05) is 6.07 Å². The first kappa shape index (κ1) is 17.8. The van der Waals surface area contributed by atoms with Crippen molar-refractivity contribution in [2.75, 3.05) is 26.2 Å². The summed E-state index contributed by atoms with van der Waals surface area (Å²) in [5.41, 5.74) is 8.29. The Hall–Kier alpha value is -2.22. The molecule has 2 unspecified atom stereocenters. The number of piperazine rings is 1. The van der Waals surface area contributed by atoms with E-state index in [0.29, 0.717) is 12.3 Å². The Morgan fingerprint density at radius 2 is 1.89 bits per heavy atom. The number of benzene rings is 1. The smallest absolute Gasteiger partial charge is 0.235 e. The minimum Gasteiger partial charge on any atom is -0.361 e. The van der Waals surface area contributed by atoms with Crippen LogP contribution in [0.25, 0.3) is 0 Å². The van der Waals surface area contributed by atoms with E-state index in [1.165, 1.54) is 18.4 Å². The summed E-state index contributed by atoms with van der Waals surface area (Å²) in [5, 5.41) is 4.25. The van der Waals surface area contributed by atoms with Crippen LogP contribution < -0.4 is 10.9 Å². The van der Waals surface area contributed by atoms with Crippen molar-refractivity contribution in [3.05, 3.63) is 53.4 Å². The number of amides is 1. The van der Waals surface area contributed by atoms with Crippen molar-refractivity contribution in [3.8, 4) is 0 Å². The molecule has 0 spiro atoms. The van der Waals surface area contributed by atoms with Crippen molar-refractivity contribution in [3.63, 3.8) is 0 Å². The molecular formula is C21H27N5O2. The van der Waals surface area contributed by atoms with E-state index < -0.39 is 0 Å². The summed E-state index contributed by atoms with van der Waals surface area (Å²) in [6.07, 6.45) is 3.00. The molecule has 5 rings (SSSR count). The van der Waals surface area contributed by atoms with Gasteiger partial charge < -0.3 is 4.52 Å². The van der Waals surface area contributed by atoms with E-state index in [1.54, 1.807) is 0 Å². The lowest BCUT2D eigenvalue weighted by molar-refractivity contribution is -0.127. The van der Waals surface area contributed by atoms with Crippen molar-refractivity contribution in [2.45, 2.75) is 43.8 Å². The Bertz CT molecular complexity index is 811. The maximum Gasteiger partial charge on any atom is 0.235 e. The van der Waals surface area contributed by atoms with Gasteiger partial charge >= 0.3 is 0 Å². The molecule has 1 aliphatic carbocycles. The van der Waals surface area contributed by atoms with Crippen LogP contribution in [0, 0.1) is 0 Å². The van der Waals surface area contributed by atoms with Crippen molar-refractivity contribution < 1.29 is 9.32 Å². The SMILES string of the molecule is O=C1CC(N2CCN(Cc3cc(C4CC4)on3)CC2)C(c2ccccc2)NN1. The van der Waals surface area contributed by atoms with E-state index in [4.69, 9.17) is 4.52 Å². The summed E-state index contributed by atoms with van der Waals surface area (Å²) in [7, 11) is 0. The lowest BCUT2D eigenvalue weighted by atomic mass is 9.93. The quantitative estimate of drug-likeness (QED) is 0.823. The number of rotatable bonds is 5. The van der Waals surface area contributed by atoms with Crippen molar-refractivity contribution in [1.82, 2.24) is 25.8 Å². The van der Waals surface area contributed by atoms with Gasteiger partial charge in [0, 0.05) is 57.2 Å². The van der Waals surface area contributed by atoms with Crippen molar-refractivity contribution in [1.29, 1.82) is 0 Å². The molecule has 2 saturated heterocycles. The second kappa shape index (κ2) is 7.66. The fourth-order valence-corrected chi connectivity index (χ4v) is 4.36. The predicted octanol–water partition coefficient (Wildman–Crippen LogP) is 1.80. The monoisotopic (exact) mass is 381 g/mol. The topological polar surface area (TPSA) is 73.6 Å². The molecule has 3 fully saturated rings. The molecule has 148 valence electrons. The molecule has 2 N–H and O–H groups in total. The zero-order valence-electron chi connectivity index (χ0n) is 16.0. The number of hydrazine groups is 1. The molecule has 0 radical (unpaired) electrons. The molecule has 2 atom stereocenters. The summed E-state index contributed by atoms with van der Waals surface area (Å²) in [5.74, 6) is 1.73. The first-order chi connectivity index (χ1) is 13.8. The van der Waals surface area contributed by atoms with Crippen LogP contribution in [0.3, 0.4) is 0 Å². The van der Waals surface area contributed by atoms with Gasteiger partial charge in [0.15, 0.2) is 0 Å². The van der Waals surface area contributed by atoms with Gasteiger partial charge in [-0.05, 0) is 18.4 Å². The Labute approximate surface area is 165 Å². The third-order valence-corrected chi connectivity index (χ3v) is 6.12. The van der Waals surface area contributed by atoms with Gasteiger partial charge in [-0.15, -0.1) is 0 Å². The molecular weight excluding hydrogens is 354 g/mol. The molecule has 0 bridgehead atoms. The Morgan fingerprint density at radius 1 is 1.11 bits per heavy atom. The Morgan fingerprint density at radius 3 is 2.64 bits per heavy atom. The van der Waals surface area contributed by atoms with E-state index in [-0.39, 0.29) is 18.0 Å². The largest absolute Gasteiger partial charge is 0.361 e. The number of carbonyl (C=O) groups is 1. The molecule has 1 amide bonds. The highest BCUT2D eigenvalue weighted by Crippen LogP contribution is 2.40. The van der Waals surface area contributed by atoms with E-state index >= 15 is 0 Å². The fraction of sp³-hybridized carbons (Fsp3) is 0.524. The normalized spacial score (nSPS) is 26.9. The average Bonchev–Trinajstić information content (AvgIpc) is 3.48. The Balaban J connectivity index is 1.21. The first-order valence-corrected chi connectivity index (χ1v) is 10.3. The number of nitrogens with one attached hydrogen (secondary N) is 2. The summed E-state index contributed by atoms with van der Waals surface area (Å²) in [4.78, 5) is 16.9. The van der Waals surface area contributed by atoms with Gasteiger partial charge in [-0.3, -0.25) is 20.0 Å². The maximum atomic E-state index is 12.0. The van der Waals surface area contributed by atoms with Crippen LogP contribution in [-0.2, 0) is 11.3 Å². The van der Waals surface area contributed by atoms with Gasteiger partial charge in [0.25, 0.3) is 0 Å². The molecule has 3 heterocycles. The first-order valence-electron chi connectivity index (χ1n) is 10.3. The third kappa shape index (κ3) is 3.83.